The highest BCUT2D eigenvalue weighted by atomic mass is 32.2. The van der Waals surface area contributed by atoms with E-state index in [1.807, 2.05) is 6.08 Å². The van der Waals surface area contributed by atoms with Crippen molar-refractivity contribution in [1.82, 2.24) is 0 Å². The van der Waals surface area contributed by atoms with Crippen molar-refractivity contribution in [3.63, 3.8) is 0 Å². The lowest BCUT2D eigenvalue weighted by Gasteiger charge is -2.11. The van der Waals surface area contributed by atoms with Crippen LogP contribution < -0.4 is 0 Å². The lowest BCUT2D eigenvalue weighted by atomic mass is 9.94. The first-order valence-electron chi connectivity index (χ1n) is 7.63. The quantitative estimate of drug-likeness (QED) is 0.680. The normalized spacial score (nSPS) is 18.0. The summed E-state index contributed by atoms with van der Waals surface area (Å²) in [6.45, 7) is 0. The Hall–Kier alpha value is -1.62. The third-order valence-corrected chi connectivity index (χ3v) is 5.25. The van der Waals surface area contributed by atoms with Gasteiger partial charge in [0.05, 0.1) is 10.5 Å². The summed E-state index contributed by atoms with van der Waals surface area (Å²) in [5.41, 5.74) is 0.830. The third kappa shape index (κ3) is 4.44. The number of hydrogen-bond donors (Lipinski definition) is 1. The van der Waals surface area contributed by atoms with Crippen molar-refractivity contribution in [2.75, 3.05) is 6.26 Å². The average Bonchev–Trinajstić information content (AvgIpc) is 2.72. The Kier molecular flexibility index (Phi) is 5.40. The molecule has 0 spiro atoms. The summed E-state index contributed by atoms with van der Waals surface area (Å²) < 4.78 is 22.9. The minimum absolute atomic E-state index is 0.204. The molecule has 0 aromatic heterocycles. The molecule has 1 aliphatic rings. The van der Waals surface area contributed by atoms with Gasteiger partial charge in [-0.15, -0.1) is 0 Å². The molecule has 1 aromatic carbocycles. The predicted molar refractivity (Wildman–Crippen MR) is 86.4 cm³/mol. The van der Waals surface area contributed by atoms with Crippen molar-refractivity contribution >= 4 is 21.4 Å². The second-order valence-corrected chi connectivity index (χ2v) is 7.95. The fraction of sp³-hybridized carbons (Fsp3) is 0.471. The highest BCUT2D eigenvalue weighted by Gasteiger charge is 2.16. The number of carboxylic acids is 1. The van der Waals surface area contributed by atoms with E-state index >= 15 is 0 Å². The van der Waals surface area contributed by atoms with Crippen LogP contribution in [0.1, 0.15) is 44.1 Å². The number of benzene rings is 1. The zero-order valence-corrected chi connectivity index (χ0v) is 13.6. The van der Waals surface area contributed by atoms with Gasteiger partial charge in [-0.05, 0) is 36.5 Å². The summed E-state index contributed by atoms with van der Waals surface area (Å²) in [4.78, 5) is 11.8. The second kappa shape index (κ2) is 7.09. The Morgan fingerprint density at radius 1 is 1.09 bits per heavy atom. The van der Waals surface area contributed by atoms with Crippen LogP contribution in [0.25, 0.3) is 5.57 Å². The van der Waals surface area contributed by atoms with Crippen LogP contribution in [-0.2, 0) is 14.6 Å². The Bertz CT molecular complexity index is 648. The van der Waals surface area contributed by atoms with E-state index in [4.69, 9.17) is 0 Å². The van der Waals surface area contributed by atoms with Gasteiger partial charge in [-0.3, -0.25) is 0 Å². The van der Waals surface area contributed by atoms with Crippen molar-refractivity contribution in [2.24, 2.45) is 5.92 Å². The molecule has 0 radical (unpaired) electrons. The number of rotatable bonds is 4. The molecule has 0 saturated heterocycles. The van der Waals surface area contributed by atoms with Crippen LogP contribution in [-0.4, -0.2) is 25.7 Å². The van der Waals surface area contributed by atoms with Gasteiger partial charge in [0.1, 0.15) is 0 Å². The van der Waals surface area contributed by atoms with E-state index in [0.717, 1.165) is 31.9 Å². The van der Waals surface area contributed by atoms with Crippen LogP contribution >= 0.6 is 0 Å². The molecule has 120 valence electrons. The van der Waals surface area contributed by atoms with E-state index in [1.54, 1.807) is 12.1 Å². The van der Waals surface area contributed by atoms with E-state index in [-0.39, 0.29) is 10.5 Å². The molecule has 22 heavy (non-hydrogen) atoms. The average molecular weight is 322 g/mol. The van der Waals surface area contributed by atoms with E-state index in [2.05, 4.69) is 0 Å². The minimum Gasteiger partial charge on any atom is -0.478 e. The Morgan fingerprint density at radius 2 is 1.64 bits per heavy atom. The fourth-order valence-corrected chi connectivity index (χ4v) is 3.52. The molecule has 1 aliphatic carbocycles. The molecule has 0 bridgehead atoms. The van der Waals surface area contributed by atoms with Crippen LogP contribution in [0.5, 0.6) is 0 Å². The molecular formula is C17H22O4S. The number of aliphatic carboxylic acids is 1. The molecule has 0 atom stereocenters. The summed E-state index contributed by atoms with van der Waals surface area (Å²) in [6, 6.07) is 6.09. The van der Waals surface area contributed by atoms with Gasteiger partial charge in [-0.2, -0.15) is 0 Å². The Balaban J connectivity index is 2.29. The van der Waals surface area contributed by atoms with Crippen LogP contribution in [0.4, 0.5) is 0 Å². The molecule has 0 amide bonds. The van der Waals surface area contributed by atoms with Crippen molar-refractivity contribution in [1.29, 1.82) is 0 Å². The molecular weight excluding hydrogens is 300 g/mol. The second-order valence-electron chi connectivity index (χ2n) is 5.93. The number of carboxylic acid groups (broad SMARTS) is 1. The summed E-state index contributed by atoms with van der Waals surface area (Å²) in [7, 11) is -3.26. The standard InChI is InChI=1S/C17H22O4S/c1-22(20,21)15-10-8-14(9-11-15)16(17(18)19)12-13-6-4-2-3-5-7-13/h8-13H,2-7H2,1H3,(H,18,19). The van der Waals surface area contributed by atoms with E-state index in [0.29, 0.717) is 11.5 Å². The summed E-state index contributed by atoms with van der Waals surface area (Å²) in [6.07, 6.45) is 9.76. The molecule has 1 N–H and O–H groups in total. The van der Waals surface area contributed by atoms with Crippen LogP contribution in [0.2, 0.25) is 0 Å². The Morgan fingerprint density at radius 3 is 2.09 bits per heavy atom. The number of carbonyl (C=O) groups is 1. The fourth-order valence-electron chi connectivity index (χ4n) is 2.89. The molecule has 1 saturated carbocycles. The van der Waals surface area contributed by atoms with Gasteiger partial charge in [0.15, 0.2) is 9.84 Å². The zero-order valence-electron chi connectivity index (χ0n) is 12.8. The maximum atomic E-state index is 11.6. The van der Waals surface area contributed by atoms with Gasteiger partial charge >= 0.3 is 5.97 Å². The lowest BCUT2D eigenvalue weighted by Crippen LogP contribution is -2.05. The molecule has 1 aromatic rings. The highest BCUT2D eigenvalue weighted by Crippen LogP contribution is 2.28. The van der Waals surface area contributed by atoms with Crippen molar-refractivity contribution < 1.29 is 18.3 Å². The summed E-state index contributed by atoms with van der Waals surface area (Å²) in [5.74, 6) is -0.667. The van der Waals surface area contributed by atoms with Gasteiger partial charge in [0.25, 0.3) is 0 Å². The van der Waals surface area contributed by atoms with Crippen molar-refractivity contribution in [3.8, 4) is 0 Å². The van der Waals surface area contributed by atoms with Crippen LogP contribution in [0.3, 0.4) is 0 Å². The third-order valence-electron chi connectivity index (χ3n) is 4.13. The minimum atomic E-state index is -3.26. The van der Waals surface area contributed by atoms with Gasteiger partial charge in [0.2, 0.25) is 0 Å². The summed E-state index contributed by atoms with van der Waals surface area (Å²) in [5, 5.41) is 9.47. The molecule has 0 unspecified atom stereocenters. The lowest BCUT2D eigenvalue weighted by molar-refractivity contribution is -0.130. The molecule has 0 aliphatic heterocycles. The molecule has 4 nitrogen and oxygen atoms in total. The number of hydrogen-bond acceptors (Lipinski definition) is 3. The maximum absolute atomic E-state index is 11.6. The van der Waals surface area contributed by atoms with E-state index < -0.39 is 15.8 Å². The highest BCUT2D eigenvalue weighted by molar-refractivity contribution is 7.90. The first-order chi connectivity index (χ1) is 10.4. The predicted octanol–water partition coefficient (Wildman–Crippen LogP) is 3.53. The molecule has 5 heteroatoms. The molecule has 1 fully saturated rings. The summed E-state index contributed by atoms with van der Waals surface area (Å²) >= 11 is 0. The van der Waals surface area contributed by atoms with Gasteiger partial charge < -0.3 is 5.11 Å². The molecule has 2 rings (SSSR count). The van der Waals surface area contributed by atoms with Gasteiger partial charge in [0, 0.05) is 6.26 Å². The largest absolute Gasteiger partial charge is 0.478 e. The number of allylic oxidation sites excluding steroid dienone is 1. The maximum Gasteiger partial charge on any atom is 0.335 e. The van der Waals surface area contributed by atoms with Crippen LogP contribution in [0, 0.1) is 5.92 Å². The van der Waals surface area contributed by atoms with Gasteiger partial charge in [-0.25, -0.2) is 13.2 Å². The SMILES string of the molecule is CS(=O)(=O)c1ccc(C(=CC2CCCCCC2)C(=O)O)cc1. The number of sulfone groups is 1. The topological polar surface area (TPSA) is 71.4 Å². The first-order valence-corrected chi connectivity index (χ1v) is 9.52. The molecule has 0 heterocycles. The zero-order chi connectivity index (χ0) is 16.2. The van der Waals surface area contributed by atoms with Crippen LogP contribution in [0.15, 0.2) is 35.2 Å². The van der Waals surface area contributed by atoms with Crippen molar-refractivity contribution in [2.45, 2.75) is 43.4 Å². The van der Waals surface area contributed by atoms with E-state index in [1.165, 1.54) is 25.0 Å². The van der Waals surface area contributed by atoms with E-state index in [9.17, 15) is 18.3 Å². The smallest absolute Gasteiger partial charge is 0.335 e. The Labute approximate surface area is 131 Å². The van der Waals surface area contributed by atoms with Gasteiger partial charge in [-0.1, -0.05) is 43.9 Å². The monoisotopic (exact) mass is 322 g/mol. The first kappa shape index (κ1) is 16.7. The van der Waals surface area contributed by atoms with Crippen molar-refractivity contribution in [3.05, 3.63) is 35.9 Å².